The summed E-state index contributed by atoms with van der Waals surface area (Å²) in [7, 11) is 0. The molecule has 21 heavy (non-hydrogen) atoms. The molecule has 1 fully saturated rings. The minimum absolute atomic E-state index is 0.195. The van der Waals surface area contributed by atoms with Crippen molar-refractivity contribution in [2.24, 2.45) is 0 Å². The number of halogens is 1. The van der Waals surface area contributed by atoms with Gasteiger partial charge in [0.05, 0.1) is 17.4 Å². The van der Waals surface area contributed by atoms with Crippen LogP contribution in [0.1, 0.15) is 43.8 Å². The fourth-order valence-corrected chi connectivity index (χ4v) is 3.58. The van der Waals surface area contributed by atoms with Gasteiger partial charge in [0.25, 0.3) is 0 Å². The zero-order valence-corrected chi connectivity index (χ0v) is 12.8. The van der Waals surface area contributed by atoms with E-state index >= 15 is 0 Å². The first-order valence-corrected chi connectivity index (χ1v) is 8.43. The van der Waals surface area contributed by atoms with Gasteiger partial charge in [-0.2, -0.15) is 5.10 Å². The second-order valence-corrected chi connectivity index (χ2v) is 6.60. The van der Waals surface area contributed by atoms with Crippen LogP contribution < -0.4 is 5.73 Å². The van der Waals surface area contributed by atoms with E-state index in [2.05, 4.69) is 22.0 Å². The van der Waals surface area contributed by atoms with E-state index in [0.29, 0.717) is 6.04 Å². The molecule has 5 heteroatoms. The lowest BCUT2D eigenvalue weighted by atomic mass is 9.96. The lowest BCUT2D eigenvalue weighted by molar-refractivity contribution is 0.328. The highest BCUT2D eigenvalue weighted by molar-refractivity contribution is 7.98. The summed E-state index contributed by atoms with van der Waals surface area (Å²) in [6.45, 7) is 0. The fraction of sp³-hybridized carbons (Fsp3) is 0.438. The largest absolute Gasteiger partial charge is 0.396 e. The molecule has 0 saturated heterocycles. The predicted molar refractivity (Wildman–Crippen MR) is 84.7 cm³/mol. The van der Waals surface area contributed by atoms with Crippen LogP contribution in [0.5, 0.6) is 0 Å². The summed E-state index contributed by atoms with van der Waals surface area (Å²) in [4.78, 5) is 0.883. The van der Waals surface area contributed by atoms with Crippen LogP contribution in [-0.2, 0) is 5.75 Å². The zero-order chi connectivity index (χ0) is 14.7. The van der Waals surface area contributed by atoms with Gasteiger partial charge in [0.2, 0.25) is 0 Å². The van der Waals surface area contributed by atoms with Crippen molar-refractivity contribution >= 4 is 17.4 Å². The standard InChI is InChI=1S/C16H20FN3S/c17-15-10-14(6-7-16(15)18)21-11-12-8-9-20(19-12)13-4-2-1-3-5-13/h6-10,13H,1-5,11,18H2. The molecule has 112 valence electrons. The topological polar surface area (TPSA) is 43.8 Å². The molecule has 0 radical (unpaired) electrons. The predicted octanol–water partition coefficient (Wildman–Crippen LogP) is 4.40. The Balaban J connectivity index is 1.60. The Hall–Kier alpha value is -1.49. The van der Waals surface area contributed by atoms with E-state index in [1.54, 1.807) is 17.8 Å². The molecule has 0 amide bonds. The third-order valence-electron chi connectivity index (χ3n) is 3.97. The maximum Gasteiger partial charge on any atom is 0.147 e. The summed E-state index contributed by atoms with van der Waals surface area (Å²) in [5.74, 6) is 0.399. The SMILES string of the molecule is Nc1ccc(SCc2ccn(C3CCCCC3)n2)cc1F. The van der Waals surface area contributed by atoms with Gasteiger partial charge >= 0.3 is 0 Å². The molecular formula is C16H20FN3S. The molecule has 0 unspecified atom stereocenters. The van der Waals surface area contributed by atoms with Gasteiger partial charge in [0.1, 0.15) is 5.82 Å². The van der Waals surface area contributed by atoms with Crippen molar-refractivity contribution in [3.63, 3.8) is 0 Å². The van der Waals surface area contributed by atoms with Gasteiger partial charge in [-0.1, -0.05) is 19.3 Å². The molecule has 0 aliphatic heterocycles. The van der Waals surface area contributed by atoms with Crippen molar-refractivity contribution in [3.05, 3.63) is 42.0 Å². The summed E-state index contributed by atoms with van der Waals surface area (Å²) < 4.78 is 15.5. The lowest BCUT2D eigenvalue weighted by Crippen LogP contribution is -2.13. The lowest BCUT2D eigenvalue weighted by Gasteiger charge is -2.21. The second-order valence-electron chi connectivity index (χ2n) is 5.55. The summed E-state index contributed by atoms with van der Waals surface area (Å²) in [5, 5.41) is 4.67. The Morgan fingerprint density at radius 2 is 2.05 bits per heavy atom. The van der Waals surface area contributed by atoms with Gasteiger partial charge in [-0.3, -0.25) is 4.68 Å². The molecule has 2 aromatic rings. The van der Waals surface area contributed by atoms with E-state index < -0.39 is 0 Å². The molecule has 1 aliphatic rings. The van der Waals surface area contributed by atoms with E-state index in [1.165, 1.54) is 38.2 Å². The van der Waals surface area contributed by atoms with Gasteiger partial charge in [0.15, 0.2) is 0 Å². The van der Waals surface area contributed by atoms with Crippen molar-refractivity contribution in [3.8, 4) is 0 Å². The molecule has 1 aromatic heterocycles. The molecule has 2 N–H and O–H groups in total. The Labute approximate surface area is 128 Å². The van der Waals surface area contributed by atoms with Crippen molar-refractivity contribution in [2.75, 3.05) is 5.73 Å². The number of aromatic nitrogens is 2. The summed E-state index contributed by atoms with van der Waals surface area (Å²) in [6, 6.07) is 7.57. The van der Waals surface area contributed by atoms with Crippen LogP contribution in [0, 0.1) is 5.82 Å². The molecule has 1 heterocycles. The normalized spacial score (nSPS) is 16.2. The minimum Gasteiger partial charge on any atom is -0.396 e. The summed E-state index contributed by atoms with van der Waals surface area (Å²) in [5.41, 5.74) is 6.72. The quantitative estimate of drug-likeness (QED) is 0.672. The molecule has 0 atom stereocenters. The van der Waals surface area contributed by atoms with Crippen molar-refractivity contribution in [1.82, 2.24) is 9.78 Å². The third kappa shape index (κ3) is 3.59. The smallest absolute Gasteiger partial charge is 0.147 e. The number of nitrogens with two attached hydrogens (primary N) is 1. The molecule has 0 bridgehead atoms. The number of nitrogens with zero attached hydrogens (tertiary/aromatic N) is 2. The van der Waals surface area contributed by atoms with Gasteiger partial charge in [0, 0.05) is 16.8 Å². The average Bonchev–Trinajstić information content (AvgIpc) is 2.98. The highest BCUT2D eigenvalue weighted by atomic mass is 32.2. The molecule has 0 spiro atoms. The van der Waals surface area contributed by atoms with E-state index in [4.69, 9.17) is 5.73 Å². The van der Waals surface area contributed by atoms with Gasteiger partial charge in [-0.15, -0.1) is 11.8 Å². The first-order chi connectivity index (χ1) is 10.2. The van der Waals surface area contributed by atoms with Crippen LogP contribution in [0.25, 0.3) is 0 Å². The number of hydrogen-bond acceptors (Lipinski definition) is 3. The van der Waals surface area contributed by atoms with Gasteiger partial charge < -0.3 is 5.73 Å². The zero-order valence-electron chi connectivity index (χ0n) is 12.0. The van der Waals surface area contributed by atoms with Gasteiger partial charge in [-0.25, -0.2) is 4.39 Å². The monoisotopic (exact) mass is 305 g/mol. The van der Waals surface area contributed by atoms with E-state index in [1.807, 2.05) is 6.07 Å². The number of hydrogen-bond donors (Lipinski definition) is 1. The van der Waals surface area contributed by atoms with Gasteiger partial charge in [-0.05, 0) is 37.1 Å². The maximum atomic E-state index is 13.4. The first kappa shape index (κ1) is 14.4. The first-order valence-electron chi connectivity index (χ1n) is 7.44. The fourth-order valence-electron chi connectivity index (χ4n) is 2.76. The van der Waals surface area contributed by atoms with Crippen LogP contribution in [0.15, 0.2) is 35.4 Å². The molecule has 1 saturated carbocycles. The summed E-state index contributed by atoms with van der Waals surface area (Å²) in [6.07, 6.45) is 8.51. The van der Waals surface area contributed by atoms with Crippen molar-refractivity contribution < 1.29 is 4.39 Å². The van der Waals surface area contributed by atoms with Crippen molar-refractivity contribution in [1.29, 1.82) is 0 Å². The van der Waals surface area contributed by atoms with E-state index in [-0.39, 0.29) is 11.5 Å². The molecule has 1 aliphatic carbocycles. The van der Waals surface area contributed by atoms with Crippen molar-refractivity contribution in [2.45, 2.75) is 48.8 Å². The highest BCUT2D eigenvalue weighted by Gasteiger charge is 2.16. The number of rotatable bonds is 4. The number of nitrogen functional groups attached to an aromatic ring is 1. The maximum absolute atomic E-state index is 13.4. The Morgan fingerprint density at radius 3 is 2.81 bits per heavy atom. The van der Waals surface area contributed by atoms with Crippen LogP contribution in [0.4, 0.5) is 10.1 Å². The van der Waals surface area contributed by atoms with Crippen LogP contribution in [0.2, 0.25) is 0 Å². The minimum atomic E-state index is -0.354. The Bertz CT molecular complexity index is 605. The number of benzene rings is 1. The van der Waals surface area contributed by atoms with Crippen LogP contribution in [0.3, 0.4) is 0 Å². The molecule has 3 nitrogen and oxygen atoms in total. The van der Waals surface area contributed by atoms with E-state index in [0.717, 1.165) is 16.3 Å². The average molecular weight is 305 g/mol. The third-order valence-corrected chi connectivity index (χ3v) is 5.00. The number of thioether (sulfide) groups is 1. The van der Waals surface area contributed by atoms with E-state index in [9.17, 15) is 4.39 Å². The second kappa shape index (κ2) is 6.52. The van der Waals surface area contributed by atoms with Crippen LogP contribution >= 0.6 is 11.8 Å². The highest BCUT2D eigenvalue weighted by Crippen LogP contribution is 2.29. The molecular weight excluding hydrogens is 285 g/mol. The van der Waals surface area contributed by atoms with Crippen LogP contribution in [-0.4, -0.2) is 9.78 Å². The number of anilines is 1. The Morgan fingerprint density at radius 1 is 1.24 bits per heavy atom. The molecule has 1 aromatic carbocycles. The summed E-state index contributed by atoms with van der Waals surface area (Å²) >= 11 is 1.58. The molecule has 3 rings (SSSR count). The Kier molecular flexibility index (Phi) is 4.48.